The van der Waals surface area contributed by atoms with Crippen LogP contribution in [0.5, 0.6) is 5.75 Å². The average molecular weight is 433 g/mol. The molecule has 3 aromatic rings. The number of fused-ring (bicyclic) bond motifs is 3. The maximum Gasteiger partial charge on any atom is 0.258 e. The molecule has 9 heteroatoms. The second kappa shape index (κ2) is 7.12. The Bertz CT molecular complexity index is 1140. The SMILES string of the molecule is Nc1nc2c(-c3ccc4c(c3Cl)OCCC3CNCCN3C4=O)ccc(F)c2s1. The molecule has 0 saturated carbocycles. The van der Waals surface area contributed by atoms with Crippen molar-refractivity contribution >= 4 is 44.2 Å². The van der Waals surface area contributed by atoms with Crippen LogP contribution in [-0.4, -0.2) is 48.1 Å². The number of anilines is 1. The molecular weight excluding hydrogens is 415 g/mol. The van der Waals surface area contributed by atoms with Crippen molar-refractivity contribution < 1.29 is 13.9 Å². The smallest absolute Gasteiger partial charge is 0.258 e. The number of carbonyl (C=O) groups excluding carboxylic acids is 1. The Morgan fingerprint density at radius 2 is 2.07 bits per heavy atom. The van der Waals surface area contributed by atoms with Crippen LogP contribution in [0.25, 0.3) is 21.3 Å². The first-order valence-corrected chi connectivity index (χ1v) is 10.6. The predicted octanol–water partition coefficient (Wildman–Crippen LogP) is 3.53. The van der Waals surface area contributed by atoms with E-state index in [1.54, 1.807) is 18.2 Å². The van der Waals surface area contributed by atoms with Gasteiger partial charge in [0.15, 0.2) is 10.9 Å². The van der Waals surface area contributed by atoms with Crippen LogP contribution >= 0.6 is 22.9 Å². The Kier molecular flexibility index (Phi) is 4.57. The molecule has 0 aliphatic carbocycles. The van der Waals surface area contributed by atoms with Crippen LogP contribution in [0.2, 0.25) is 5.02 Å². The summed E-state index contributed by atoms with van der Waals surface area (Å²) in [6.07, 6.45) is 0.724. The monoisotopic (exact) mass is 432 g/mol. The van der Waals surface area contributed by atoms with Gasteiger partial charge in [0, 0.05) is 43.2 Å². The first-order chi connectivity index (χ1) is 14.0. The van der Waals surface area contributed by atoms with E-state index in [9.17, 15) is 9.18 Å². The van der Waals surface area contributed by atoms with Gasteiger partial charge in [-0.15, -0.1) is 0 Å². The van der Waals surface area contributed by atoms with Crippen LogP contribution in [0.1, 0.15) is 16.8 Å². The van der Waals surface area contributed by atoms with Crippen molar-refractivity contribution in [3.8, 4) is 16.9 Å². The van der Waals surface area contributed by atoms with Crippen molar-refractivity contribution in [2.45, 2.75) is 12.5 Å². The lowest BCUT2D eigenvalue weighted by molar-refractivity contribution is 0.0576. The minimum atomic E-state index is -0.378. The van der Waals surface area contributed by atoms with Gasteiger partial charge in [-0.05, 0) is 18.2 Å². The topological polar surface area (TPSA) is 80.5 Å². The summed E-state index contributed by atoms with van der Waals surface area (Å²) < 4.78 is 20.5. The van der Waals surface area contributed by atoms with Crippen molar-refractivity contribution in [2.24, 2.45) is 0 Å². The van der Waals surface area contributed by atoms with E-state index in [2.05, 4.69) is 10.3 Å². The molecule has 2 aromatic carbocycles. The molecule has 1 atom stereocenters. The fourth-order valence-electron chi connectivity index (χ4n) is 4.02. The van der Waals surface area contributed by atoms with E-state index in [0.717, 1.165) is 30.8 Å². The number of hydrogen-bond donors (Lipinski definition) is 2. The van der Waals surface area contributed by atoms with Gasteiger partial charge in [-0.3, -0.25) is 4.79 Å². The van der Waals surface area contributed by atoms with Crippen molar-refractivity contribution in [3.63, 3.8) is 0 Å². The minimum Gasteiger partial charge on any atom is -0.491 e. The summed E-state index contributed by atoms with van der Waals surface area (Å²) in [5.74, 6) is -0.0925. The highest BCUT2D eigenvalue weighted by molar-refractivity contribution is 7.22. The molecule has 3 N–H and O–H groups in total. The van der Waals surface area contributed by atoms with Crippen LogP contribution in [0.4, 0.5) is 9.52 Å². The van der Waals surface area contributed by atoms with Crippen molar-refractivity contribution in [1.29, 1.82) is 0 Å². The second-order valence-corrected chi connectivity index (χ2v) is 8.53. The van der Waals surface area contributed by atoms with Crippen molar-refractivity contribution in [2.75, 3.05) is 32.0 Å². The van der Waals surface area contributed by atoms with Crippen LogP contribution in [0.3, 0.4) is 0 Å². The maximum atomic E-state index is 14.2. The molecule has 6 nitrogen and oxygen atoms in total. The third kappa shape index (κ3) is 3.02. The van der Waals surface area contributed by atoms with E-state index >= 15 is 0 Å². The number of carbonyl (C=O) groups is 1. The van der Waals surface area contributed by atoms with Gasteiger partial charge < -0.3 is 20.7 Å². The molecular formula is C20H18ClFN4O2S. The lowest BCUT2D eigenvalue weighted by Crippen LogP contribution is -2.54. The van der Waals surface area contributed by atoms with E-state index in [1.165, 1.54) is 6.07 Å². The summed E-state index contributed by atoms with van der Waals surface area (Å²) in [5, 5.41) is 3.93. The molecule has 1 amide bonds. The fraction of sp³-hybridized carbons (Fsp3) is 0.300. The number of nitrogens with zero attached hydrogens (tertiary/aromatic N) is 2. The number of nitrogens with two attached hydrogens (primary N) is 1. The van der Waals surface area contributed by atoms with Gasteiger partial charge in [-0.2, -0.15) is 0 Å². The first kappa shape index (κ1) is 18.6. The van der Waals surface area contributed by atoms with Crippen LogP contribution < -0.4 is 15.8 Å². The van der Waals surface area contributed by atoms with E-state index in [-0.39, 0.29) is 22.9 Å². The molecule has 0 spiro atoms. The predicted molar refractivity (Wildman–Crippen MR) is 112 cm³/mol. The lowest BCUT2D eigenvalue weighted by Gasteiger charge is -2.38. The van der Waals surface area contributed by atoms with Gasteiger partial charge in [0.05, 0.1) is 27.4 Å². The van der Waals surface area contributed by atoms with Gasteiger partial charge >= 0.3 is 0 Å². The zero-order valence-electron chi connectivity index (χ0n) is 15.4. The fourth-order valence-corrected chi connectivity index (χ4v) is 5.11. The molecule has 1 unspecified atom stereocenters. The van der Waals surface area contributed by atoms with E-state index in [1.807, 2.05) is 4.90 Å². The summed E-state index contributed by atoms with van der Waals surface area (Å²) in [6.45, 7) is 2.63. The van der Waals surface area contributed by atoms with E-state index in [4.69, 9.17) is 22.1 Å². The summed E-state index contributed by atoms with van der Waals surface area (Å²) in [7, 11) is 0. The highest BCUT2D eigenvalue weighted by Gasteiger charge is 2.32. The summed E-state index contributed by atoms with van der Waals surface area (Å²) in [5.41, 5.74) is 7.98. The van der Waals surface area contributed by atoms with Gasteiger partial charge in [0.2, 0.25) is 0 Å². The van der Waals surface area contributed by atoms with Crippen LogP contribution in [-0.2, 0) is 0 Å². The van der Waals surface area contributed by atoms with Gasteiger partial charge in [0.25, 0.3) is 5.91 Å². The number of nitrogens with one attached hydrogen (secondary N) is 1. The molecule has 1 saturated heterocycles. The minimum absolute atomic E-state index is 0.0817. The van der Waals surface area contributed by atoms with Crippen LogP contribution in [0, 0.1) is 5.82 Å². The summed E-state index contributed by atoms with van der Waals surface area (Å²) in [4.78, 5) is 19.3. The van der Waals surface area contributed by atoms with E-state index in [0.29, 0.717) is 50.8 Å². The largest absolute Gasteiger partial charge is 0.491 e. The number of thiazole rings is 1. The number of aromatic nitrogens is 1. The maximum absolute atomic E-state index is 14.2. The number of hydrogen-bond acceptors (Lipinski definition) is 6. The standard InChI is InChI=1S/C20H18ClFN4O2S/c21-15-11(12-3-4-14(22)18-16(12)25-20(23)29-18)1-2-13-17(15)28-8-5-10-9-24-6-7-26(10)19(13)27/h1-4,10,24H,5-9H2,(H2,23,25). The highest BCUT2D eigenvalue weighted by atomic mass is 35.5. The number of ether oxygens (including phenoxy) is 1. The quantitative estimate of drug-likeness (QED) is 0.614. The molecule has 2 aliphatic heterocycles. The molecule has 29 heavy (non-hydrogen) atoms. The van der Waals surface area contributed by atoms with Crippen LogP contribution in [0.15, 0.2) is 24.3 Å². The zero-order chi connectivity index (χ0) is 20.1. The molecule has 2 aliphatic rings. The average Bonchev–Trinajstić information content (AvgIpc) is 3.11. The Labute approximate surface area is 175 Å². The Hall–Kier alpha value is -2.42. The third-order valence-electron chi connectivity index (χ3n) is 5.44. The second-order valence-electron chi connectivity index (χ2n) is 7.12. The van der Waals surface area contributed by atoms with E-state index < -0.39 is 0 Å². The van der Waals surface area contributed by atoms with Gasteiger partial charge in [0.1, 0.15) is 5.82 Å². The molecule has 0 bridgehead atoms. The summed E-state index contributed by atoms with van der Waals surface area (Å²) >= 11 is 7.81. The molecule has 150 valence electrons. The van der Waals surface area contributed by atoms with Gasteiger partial charge in [-0.1, -0.05) is 29.0 Å². The lowest BCUT2D eigenvalue weighted by atomic mass is 9.99. The summed E-state index contributed by atoms with van der Waals surface area (Å²) in [6, 6.07) is 6.61. The Morgan fingerprint density at radius 3 is 2.93 bits per heavy atom. The molecule has 1 aromatic heterocycles. The zero-order valence-corrected chi connectivity index (χ0v) is 16.9. The van der Waals surface area contributed by atoms with Crippen molar-refractivity contribution in [1.82, 2.24) is 15.2 Å². The Morgan fingerprint density at radius 1 is 1.28 bits per heavy atom. The molecule has 3 heterocycles. The number of halogens is 2. The molecule has 1 fully saturated rings. The number of benzene rings is 2. The molecule has 0 radical (unpaired) electrons. The van der Waals surface area contributed by atoms with Gasteiger partial charge in [-0.25, -0.2) is 9.37 Å². The Balaban J connectivity index is 1.65. The highest BCUT2D eigenvalue weighted by Crippen LogP contribution is 2.43. The number of piperazine rings is 1. The number of amides is 1. The third-order valence-corrected chi connectivity index (χ3v) is 6.71. The number of nitrogen functional groups attached to an aromatic ring is 1. The first-order valence-electron chi connectivity index (χ1n) is 9.36. The normalized spacial score (nSPS) is 19.3. The number of rotatable bonds is 1. The molecule has 5 rings (SSSR count). The van der Waals surface area contributed by atoms with Crippen molar-refractivity contribution in [3.05, 3.63) is 40.7 Å².